The van der Waals surface area contributed by atoms with Crippen molar-refractivity contribution in [3.05, 3.63) is 23.8 Å². The van der Waals surface area contributed by atoms with Crippen LogP contribution in [0.1, 0.15) is 12.0 Å². The van der Waals surface area contributed by atoms with Gasteiger partial charge in [0.2, 0.25) is 0 Å². The lowest BCUT2D eigenvalue weighted by Gasteiger charge is -2.18. The van der Waals surface area contributed by atoms with Gasteiger partial charge in [-0.3, -0.25) is 0 Å². The molecule has 1 rings (SSSR count). The number of rotatable bonds is 5. The Balaban J connectivity index is 2.61. The second kappa shape index (κ2) is 5.95. The highest BCUT2D eigenvalue weighted by atomic mass is 19.4. The number of hydrogen-bond donors (Lipinski definition) is 1. The zero-order valence-corrected chi connectivity index (χ0v) is 10.3. The van der Waals surface area contributed by atoms with Gasteiger partial charge in [0, 0.05) is 18.7 Å². The van der Waals surface area contributed by atoms with E-state index in [4.69, 9.17) is 4.74 Å². The van der Waals surface area contributed by atoms with Crippen LogP contribution in [0.15, 0.2) is 18.2 Å². The van der Waals surface area contributed by atoms with E-state index in [0.29, 0.717) is 11.3 Å². The van der Waals surface area contributed by atoms with Gasteiger partial charge in [0.25, 0.3) is 0 Å². The molecular formula is C12H16F3NO2. The highest BCUT2D eigenvalue weighted by Gasteiger charge is 2.27. The first-order chi connectivity index (χ1) is 8.31. The molecule has 0 bridgehead atoms. The Labute approximate surface area is 104 Å². The normalized spacial score (nSPS) is 11.9. The largest absolute Gasteiger partial charge is 0.508 e. The Morgan fingerprint density at radius 2 is 2.00 bits per heavy atom. The number of benzene rings is 1. The van der Waals surface area contributed by atoms with Crippen molar-refractivity contribution in [3.63, 3.8) is 0 Å². The molecule has 1 aromatic carbocycles. The van der Waals surface area contributed by atoms with Crippen molar-refractivity contribution in [2.45, 2.75) is 19.1 Å². The summed E-state index contributed by atoms with van der Waals surface area (Å²) < 4.78 is 41.2. The molecule has 0 spiro atoms. The molecule has 18 heavy (non-hydrogen) atoms. The molecule has 0 radical (unpaired) electrons. The Kier molecular flexibility index (Phi) is 4.84. The van der Waals surface area contributed by atoms with Crippen LogP contribution >= 0.6 is 0 Å². The van der Waals surface area contributed by atoms with Crippen LogP contribution in [0, 0.1) is 0 Å². The van der Waals surface area contributed by atoms with Crippen molar-refractivity contribution >= 4 is 0 Å². The van der Waals surface area contributed by atoms with Crippen molar-refractivity contribution < 1.29 is 23.0 Å². The lowest BCUT2D eigenvalue weighted by atomic mass is 10.1. The molecular weight excluding hydrogens is 247 g/mol. The molecule has 0 saturated carbocycles. The second-order valence-electron chi connectivity index (χ2n) is 4.10. The summed E-state index contributed by atoms with van der Waals surface area (Å²) in [4.78, 5) is 1.50. The molecule has 0 aliphatic carbocycles. The number of aromatic hydroxyl groups is 1. The van der Waals surface area contributed by atoms with Gasteiger partial charge in [0.05, 0.1) is 13.5 Å². The maximum Gasteiger partial charge on any atom is 0.390 e. The summed E-state index contributed by atoms with van der Waals surface area (Å²) in [6.45, 7) is 0.124. The van der Waals surface area contributed by atoms with E-state index in [2.05, 4.69) is 0 Å². The maximum atomic E-state index is 12.1. The number of phenolic OH excluding ortho intramolecular Hbond substituents is 1. The SMILES string of the molecule is COc1ccc(O)c(CN(C)CCC(F)(F)F)c1. The van der Waals surface area contributed by atoms with Crippen LogP contribution in [0.5, 0.6) is 11.5 Å². The Morgan fingerprint density at radius 1 is 1.33 bits per heavy atom. The van der Waals surface area contributed by atoms with E-state index in [-0.39, 0.29) is 18.8 Å². The summed E-state index contributed by atoms with van der Waals surface area (Å²) >= 11 is 0. The first kappa shape index (κ1) is 14.6. The van der Waals surface area contributed by atoms with E-state index in [1.165, 1.54) is 18.1 Å². The molecule has 0 heterocycles. The van der Waals surface area contributed by atoms with Crippen molar-refractivity contribution in [2.75, 3.05) is 20.7 Å². The fourth-order valence-corrected chi connectivity index (χ4v) is 1.50. The van der Waals surface area contributed by atoms with Gasteiger partial charge >= 0.3 is 6.18 Å². The zero-order valence-electron chi connectivity index (χ0n) is 10.3. The van der Waals surface area contributed by atoms with Crippen LogP contribution < -0.4 is 4.74 Å². The molecule has 3 nitrogen and oxygen atoms in total. The lowest BCUT2D eigenvalue weighted by Crippen LogP contribution is -2.24. The van der Waals surface area contributed by atoms with Crippen LogP contribution in [-0.4, -0.2) is 36.9 Å². The molecule has 6 heteroatoms. The monoisotopic (exact) mass is 263 g/mol. The molecule has 0 amide bonds. The standard InChI is InChI=1S/C12H16F3NO2/c1-16(6-5-12(13,14)15)8-9-7-10(18-2)3-4-11(9)17/h3-4,7,17H,5-6,8H2,1-2H3. The van der Waals surface area contributed by atoms with Gasteiger partial charge in [-0.1, -0.05) is 0 Å². The number of halogens is 3. The van der Waals surface area contributed by atoms with Crippen LogP contribution in [0.25, 0.3) is 0 Å². The second-order valence-corrected chi connectivity index (χ2v) is 4.10. The Bertz CT molecular complexity index is 393. The van der Waals surface area contributed by atoms with Crippen LogP contribution in [-0.2, 0) is 6.54 Å². The molecule has 102 valence electrons. The molecule has 0 aromatic heterocycles. The quantitative estimate of drug-likeness (QED) is 0.886. The summed E-state index contributed by atoms with van der Waals surface area (Å²) in [7, 11) is 3.06. The summed E-state index contributed by atoms with van der Waals surface area (Å²) in [6, 6.07) is 4.67. The lowest BCUT2D eigenvalue weighted by molar-refractivity contribution is -0.137. The molecule has 0 fully saturated rings. The van der Waals surface area contributed by atoms with Crippen molar-refractivity contribution in [1.29, 1.82) is 0 Å². The van der Waals surface area contributed by atoms with E-state index < -0.39 is 12.6 Å². The van der Waals surface area contributed by atoms with Gasteiger partial charge in [0.1, 0.15) is 11.5 Å². The van der Waals surface area contributed by atoms with E-state index in [0.717, 1.165) is 0 Å². The fraction of sp³-hybridized carbons (Fsp3) is 0.500. The van der Waals surface area contributed by atoms with E-state index in [1.54, 1.807) is 19.2 Å². The molecule has 1 N–H and O–H groups in total. The van der Waals surface area contributed by atoms with Crippen molar-refractivity contribution in [1.82, 2.24) is 4.90 Å². The number of hydrogen-bond acceptors (Lipinski definition) is 3. The number of phenols is 1. The van der Waals surface area contributed by atoms with Gasteiger partial charge in [-0.05, 0) is 25.2 Å². The van der Waals surface area contributed by atoms with E-state index >= 15 is 0 Å². The van der Waals surface area contributed by atoms with Crippen molar-refractivity contribution in [3.8, 4) is 11.5 Å². The third-order valence-corrected chi connectivity index (χ3v) is 2.50. The van der Waals surface area contributed by atoms with Crippen LogP contribution in [0.3, 0.4) is 0 Å². The summed E-state index contributed by atoms with van der Waals surface area (Å²) in [5.41, 5.74) is 0.541. The van der Waals surface area contributed by atoms with Gasteiger partial charge in [-0.15, -0.1) is 0 Å². The minimum atomic E-state index is -4.16. The Morgan fingerprint density at radius 3 is 2.56 bits per heavy atom. The van der Waals surface area contributed by atoms with Gasteiger partial charge < -0.3 is 14.7 Å². The number of alkyl halides is 3. The highest BCUT2D eigenvalue weighted by Crippen LogP contribution is 2.25. The van der Waals surface area contributed by atoms with Crippen molar-refractivity contribution in [2.24, 2.45) is 0 Å². The fourth-order valence-electron chi connectivity index (χ4n) is 1.50. The Hall–Kier alpha value is -1.43. The molecule has 0 aliphatic rings. The molecule has 0 aliphatic heterocycles. The summed E-state index contributed by atoms with van der Waals surface area (Å²) in [6.07, 6.45) is -5.03. The predicted molar refractivity (Wildman–Crippen MR) is 61.7 cm³/mol. The first-order valence-corrected chi connectivity index (χ1v) is 5.43. The molecule has 0 unspecified atom stereocenters. The van der Waals surface area contributed by atoms with E-state index in [1.807, 2.05) is 0 Å². The minimum absolute atomic E-state index is 0.0506. The predicted octanol–water partition coefficient (Wildman–Crippen LogP) is 2.79. The molecule has 1 aromatic rings. The molecule has 0 atom stereocenters. The first-order valence-electron chi connectivity index (χ1n) is 5.43. The third kappa shape index (κ3) is 4.83. The van der Waals surface area contributed by atoms with Crippen LogP contribution in [0.4, 0.5) is 13.2 Å². The highest BCUT2D eigenvalue weighted by molar-refractivity contribution is 5.39. The number of ether oxygens (including phenoxy) is 1. The van der Waals surface area contributed by atoms with Gasteiger partial charge in [0.15, 0.2) is 0 Å². The molecule has 0 saturated heterocycles. The number of methoxy groups -OCH3 is 1. The van der Waals surface area contributed by atoms with Gasteiger partial charge in [-0.2, -0.15) is 13.2 Å². The topological polar surface area (TPSA) is 32.7 Å². The number of nitrogens with zero attached hydrogens (tertiary/aromatic N) is 1. The minimum Gasteiger partial charge on any atom is -0.508 e. The maximum absolute atomic E-state index is 12.1. The average Bonchev–Trinajstić information content (AvgIpc) is 2.28. The van der Waals surface area contributed by atoms with Gasteiger partial charge in [-0.25, -0.2) is 0 Å². The average molecular weight is 263 g/mol. The van der Waals surface area contributed by atoms with E-state index in [9.17, 15) is 18.3 Å². The summed E-state index contributed by atoms with van der Waals surface area (Å²) in [5, 5.41) is 9.60. The summed E-state index contributed by atoms with van der Waals surface area (Å²) in [5.74, 6) is 0.613. The third-order valence-electron chi connectivity index (χ3n) is 2.50. The van der Waals surface area contributed by atoms with Crippen LogP contribution in [0.2, 0.25) is 0 Å². The smallest absolute Gasteiger partial charge is 0.390 e. The zero-order chi connectivity index (χ0) is 13.8.